The summed E-state index contributed by atoms with van der Waals surface area (Å²) in [7, 11) is 0. The third-order valence-corrected chi connectivity index (χ3v) is 6.39. The van der Waals surface area contributed by atoms with E-state index in [1.54, 1.807) is 6.26 Å². The zero-order valence-corrected chi connectivity index (χ0v) is 19.9. The van der Waals surface area contributed by atoms with E-state index in [-0.39, 0.29) is 65.5 Å². The second kappa shape index (κ2) is 9.98. The Morgan fingerprint density at radius 3 is 2.57 bits per heavy atom. The number of allylic oxidation sites excluding steroid dienone is 2. The second-order valence-corrected chi connectivity index (χ2v) is 8.27. The SMILES string of the molecule is CCC(C)NC(=NCCc1ccco1)NCCN1C(=O)C2C3C=CC(C3)C2C1=O.I. The molecule has 5 atom stereocenters. The van der Waals surface area contributed by atoms with Crippen LogP contribution in [-0.2, 0) is 16.0 Å². The molecule has 1 saturated carbocycles. The van der Waals surface area contributed by atoms with Crippen LogP contribution in [0.4, 0.5) is 0 Å². The fraction of sp³-hybridized carbons (Fsp3) is 0.591. The van der Waals surface area contributed by atoms with Crippen molar-refractivity contribution in [1.29, 1.82) is 0 Å². The monoisotopic (exact) mass is 526 g/mol. The smallest absolute Gasteiger partial charge is 0.233 e. The van der Waals surface area contributed by atoms with Crippen LogP contribution in [0.5, 0.6) is 0 Å². The minimum absolute atomic E-state index is 0. The topological polar surface area (TPSA) is 86.9 Å². The molecular weight excluding hydrogens is 495 g/mol. The van der Waals surface area contributed by atoms with Crippen LogP contribution in [0.3, 0.4) is 0 Å². The summed E-state index contributed by atoms with van der Waals surface area (Å²) in [6, 6.07) is 4.09. The Morgan fingerprint density at radius 1 is 1.27 bits per heavy atom. The van der Waals surface area contributed by atoms with Crippen LogP contribution < -0.4 is 10.6 Å². The van der Waals surface area contributed by atoms with E-state index in [9.17, 15) is 9.59 Å². The van der Waals surface area contributed by atoms with Gasteiger partial charge in [-0.1, -0.05) is 19.1 Å². The number of carbonyl (C=O) groups is 2. The number of nitrogens with one attached hydrogen (secondary N) is 2. The van der Waals surface area contributed by atoms with Gasteiger partial charge in [-0.15, -0.1) is 24.0 Å². The standard InChI is InChI=1S/C22H30N4O3.HI/c1-3-14(2)25-22(23-9-8-17-5-4-12-29-17)24-10-11-26-20(27)18-15-6-7-16(13-15)19(18)21(26)28;/h4-7,12,14-16,18-19H,3,8-11,13H2,1-2H3,(H2,23,24,25);1H. The highest BCUT2D eigenvalue weighted by Crippen LogP contribution is 2.52. The predicted molar refractivity (Wildman–Crippen MR) is 125 cm³/mol. The van der Waals surface area contributed by atoms with Crippen molar-refractivity contribution in [2.75, 3.05) is 19.6 Å². The molecule has 1 aliphatic heterocycles. The van der Waals surface area contributed by atoms with Gasteiger partial charge in [-0.2, -0.15) is 0 Å². The van der Waals surface area contributed by atoms with E-state index in [1.165, 1.54) is 4.90 Å². The summed E-state index contributed by atoms with van der Waals surface area (Å²) in [4.78, 5) is 31.6. The van der Waals surface area contributed by atoms with Gasteiger partial charge < -0.3 is 15.1 Å². The van der Waals surface area contributed by atoms with Crippen LogP contribution in [0.1, 0.15) is 32.4 Å². The van der Waals surface area contributed by atoms with Crippen LogP contribution in [0.25, 0.3) is 0 Å². The maximum Gasteiger partial charge on any atom is 0.233 e. The number of rotatable bonds is 8. The number of hydrogen-bond donors (Lipinski definition) is 2. The van der Waals surface area contributed by atoms with E-state index in [1.807, 2.05) is 12.1 Å². The molecule has 4 rings (SSSR count). The lowest BCUT2D eigenvalue weighted by Crippen LogP contribution is -2.46. The zero-order valence-electron chi connectivity index (χ0n) is 17.5. The summed E-state index contributed by atoms with van der Waals surface area (Å²) in [6.45, 7) is 5.67. The Hall–Kier alpha value is -1.84. The lowest BCUT2D eigenvalue weighted by molar-refractivity contribution is -0.140. The average Bonchev–Trinajstić information content (AvgIpc) is 3.49. The highest BCUT2D eigenvalue weighted by Gasteiger charge is 2.58. The van der Waals surface area contributed by atoms with Gasteiger partial charge in [0.15, 0.2) is 5.96 Å². The Bertz CT molecular complexity index is 777. The molecule has 1 saturated heterocycles. The molecule has 0 spiro atoms. The number of nitrogens with zero attached hydrogens (tertiary/aromatic N) is 2. The van der Waals surface area contributed by atoms with Crippen molar-refractivity contribution >= 4 is 41.8 Å². The Labute approximate surface area is 194 Å². The van der Waals surface area contributed by atoms with Gasteiger partial charge in [-0.3, -0.25) is 19.5 Å². The summed E-state index contributed by atoms with van der Waals surface area (Å²) in [5.41, 5.74) is 0. The lowest BCUT2D eigenvalue weighted by atomic mass is 9.85. The first-order valence-electron chi connectivity index (χ1n) is 10.7. The molecule has 8 heteroatoms. The molecule has 2 N–H and O–H groups in total. The number of carbonyl (C=O) groups excluding carboxylic acids is 2. The van der Waals surface area contributed by atoms with E-state index in [4.69, 9.17) is 4.42 Å². The summed E-state index contributed by atoms with van der Waals surface area (Å²) < 4.78 is 5.35. The molecule has 1 aromatic heterocycles. The molecule has 7 nitrogen and oxygen atoms in total. The number of likely N-dealkylation sites (tertiary alicyclic amines) is 1. The number of aliphatic imine (C=N–C) groups is 1. The minimum atomic E-state index is -0.128. The number of halogens is 1. The highest BCUT2D eigenvalue weighted by atomic mass is 127. The lowest BCUT2D eigenvalue weighted by Gasteiger charge is -2.20. The molecule has 1 aromatic rings. The van der Waals surface area contributed by atoms with Gasteiger partial charge in [0.25, 0.3) is 0 Å². The van der Waals surface area contributed by atoms with Crippen molar-refractivity contribution in [3.8, 4) is 0 Å². The molecule has 0 radical (unpaired) electrons. The highest BCUT2D eigenvalue weighted by molar-refractivity contribution is 14.0. The van der Waals surface area contributed by atoms with Gasteiger partial charge in [0.2, 0.25) is 11.8 Å². The Balaban J connectivity index is 0.00000256. The van der Waals surface area contributed by atoms with E-state index >= 15 is 0 Å². The van der Waals surface area contributed by atoms with Crippen molar-refractivity contribution in [3.63, 3.8) is 0 Å². The van der Waals surface area contributed by atoms with Crippen LogP contribution in [0.15, 0.2) is 40.0 Å². The molecule has 2 fully saturated rings. The number of fused-ring (bicyclic) bond motifs is 5. The second-order valence-electron chi connectivity index (χ2n) is 8.27. The molecule has 30 heavy (non-hydrogen) atoms. The molecule has 5 unspecified atom stereocenters. The summed E-state index contributed by atoms with van der Waals surface area (Å²) in [6.07, 6.45) is 8.57. The maximum atomic E-state index is 12.8. The summed E-state index contributed by atoms with van der Waals surface area (Å²) in [5, 5.41) is 6.65. The van der Waals surface area contributed by atoms with Crippen LogP contribution in [0.2, 0.25) is 0 Å². The van der Waals surface area contributed by atoms with Gasteiger partial charge in [-0.05, 0) is 43.7 Å². The van der Waals surface area contributed by atoms with E-state index < -0.39 is 0 Å². The Kier molecular flexibility index (Phi) is 7.60. The normalized spacial score (nSPS) is 27.9. The first-order chi connectivity index (χ1) is 14.1. The number of furan rings is 1. The minimum Gasteiger partial charge on any atom is -0.469 e. The van der Waals surface area contributed by atoms with Crippen molar-refractivity contribution in [2.45, 2.75) is 39.2 Å². The number of imide groups is 1. The van der Waals surface area contributed by atoms with Gasteiger partial charge in [0, 0.05) is 32.1 Å². The van der Waals surface area contributed by atoms with Crippen LogP contribution >= 0.6 is 24.0 Å². The third kappa shape index (κ3) is 4.58. The van der Waals surface area contributed by atoms with Crippen LogP contribution in [-0.4, -0.2) is 48.3 Å². The predicted octanol–water partition coefficient (Wildman–Crippen LogP) is 2.58. The number of guanidine groups is 1. The largest absolute Gasteiger partial charge is 0.469 e. The van der Waals surface area contributed by atoms with Crippen molar-refractivity contribution in [1.82, 2.24) is 15.5 Å². The van der Waals surface area contributed by atoms with Crippen molar-refractivity contribution in [2.24, 2.45) is 28.7 Å². The zero-order chi connectivity index (χ0) is 20.4. The molecule has 164 valence electrons. The van der Waals surface area contributed by atoms with E-state index in [0.29, 0.717) is 25.6 Å². The molecule has 2 bridgehead atoms. The van der Waals surface area contributed by atoms with Gasteiger partial charge in [0.1, 0.15) is 5.76 Å². The molecule has 2 aliphatic carbocycles. The number of hydrogen-bond acceptors (Lipinski definition) is 4. The Morgan fingerprint density at radius 2 is 1.97 bits per heavy atom. The average molecular weight is 526 g/mol. The summed E-state index contributed by atoms with van der Waals surface area (Å²) >= 11 is 0. The quantitative estimate of drug-likeness (QED) is 0.179. The van der Waals surface area contributed by atoms with E-state index in [0.717, 1.165) is 25.0 Å². The summed E-state index contributed by atoms with van der Waals surface area (Å²) in [5.74, 6) is 1.87. The fourth-order valence-corrected chi connectivity index (χ4v) is 4.69. The van der Waals surface area contributed by atoms with Gasteiger partial charge >= 0.3 is 0 Å². The molecule has 0 aromatic carbocycles. The number of amides is 2. The van der Waals surface area contributed by atoms with Crippen LogP contribution in [0, 0.1) is 23.7 Å². The molecule has 2 amide bonds. The molecule has 3 aliphatic rings. The van der Waals surface area contributed by atoms with Gasteiger partial charge in [-0.25, -0.2) is 0 Å². The molecular formula is C22H31IN4O3. The first kappa shape index (κ1) is 22.8. The van der Waals surface area contributed by atoms with Gasteiger partial charge in [0.05, 0.1) is 18.1 Å². The van der Waals surface area contributed by atoms with E-state index in [2.05, 4.69) is 41.6 Å². The van der Waals surface area contributed by atoms with Crippen molar-refractivity contribution < 1.29 is 14.0 Å². The van der Waals surface area contributed by atoms with Crippen molar-refractivity contribution in [3.05, 3.63) is 36.3 Å². The third-order valence-electron chi connectivity index (χ3n) is 6.39. The first-order valence-corrected chi connectivity index (χ1v) is 10.7. The molecule has 2 heterocycles. The maximum absolute atomic E-state index is 12.8. The fourth-order valence-electron chi connectivity index (χ4n) is 4.69.